The van der Waals surface area contributed by atoms with Gasteiger partial charge >= 0.3 is 11.9 Å². The fourth-order valence-electron chi connectivity index (χ4n) is 1.51. The van der Waals surface area contributed by atoms with Gasteiger partial charge in [0, 0.05) is 0 Å². The standard InChI is InChI=1S/C16H23NO4/c1-4-5-10-20-15(18)13-7-6-8-14(17-13)16(19)21-11-9-12(2)3/h6-8,12H,4-5,9-11H2,1-3H3. The van der Waals surface area contributed by atoms with Gasteiger partial charge in [0.2, 0.25) is 0 Å². The van der Waals surface area contributed by atoms with Crippen molar-refractivity contribution in [3.05, 3.63) is 29.6 Å². The van der Waals surface area contributed by atoms with Gasteiger partial charge in [-0.15, -0.1) is 0 Å². The second-order valence-electron chi connectivity index (χ2n) is 5.22. The molecular weight excluding hydrogens is 270 g/mol. The molecule has 0 radical (unpaired) electrons. The van der Waals surface area contributed by atoms with E-state index in [2.05, 4.69) is 18.8 Å². The highest BCUT2D eigenvalue weighted by molar-refractivity contribution is 5.91. The minimum atomic E-state index is -0.515. The third-order valence-corrected chi connectivity index (χ3v) is 2.83. The first-order valence-electron chi connectivity index (χ1n) is 7.36. The van der Waals surface area contributed by atoms with Crippen LogP contribution in [-0.4, -0.2) is 30.1 Å². The number of hydrogen-bond donors (Lipinski definition) is 0. The molecule has 0 fully saturated rings. The van der Waals surface area contributed by atoms with Crippen LogP contribution >= 0.6 is 0 Å². The Morgan fingerprint density at radius 3 is 2.19 bits per heavy atom. The summed E-state index contributed by atoms with van der Waals surface area (Å²) in [5.74, 6) is -0.565. The summed E-state index contributed by atoms with van der Waals surface area (Å²) in [6, 6.07) is 4.65. The zero-order chi connectivity index (χ0) is 15.7. The maximum absolute atomic E-state index is 11.8. The Morgan fingerprint density at radius 1 is 1.10 bits per heavy atom. The minimum absolute atomic E-state index is 0.128. The molecule has 0 amide bonds. The number of hydrogen-bond acceptors (Lipinski definition) is 5. The maximum atomic E-state index is 11.8. The summed E-state index contributed by atoms with van der Waals surface area (Å²) in [4.78, 5) is 27.6. The van der Waals surface area contributed by atoms with Crippen LogP contribution in [0, 0.1) is 5.92 Å². The van der Waals surface area contributed by atoms with Crippen molar-refractivity contribution in [1.29, 1.82) is 0 Å². The molecule has 5 heteroatoms. The molecule has 0 aromatic carbocycles. The van der Waals surface area contributed by atoms with Crippen LogP contribution in [0.2, 0.25) is 0 Å². The van der Waals surface area contributed by atoms with Gasteiger partial charge in [0.15, 0.2) is 0 Å². The highest BCUT2D eigenvalue weighted by Gasteiger charge is 2.14. The van der Waals surface area contributed by atoms with Crippen molar-refractivity contribution in [1.82, 2.24) is 4.98 Å². The van der Waals surface area contributed by atoms with E-state index < -0.39 is 11.9 Å². The third kappa shape index (κ3) is 6.38. The van der Waals surface area contributed by atoms with Crippen LogP contribution in [0.4, 0.5) is 0 Å². The predicted octanol–water partition coefficient (Wildman–Crippen LogP) is 3.24. The number of carbonyl (C=O) groups is 2. The van der Waals surface area contributed by atoms with Gasteiger partial charge in [-0.3, -0.25) is 0 Å². The molecule has 0 spiro atoms. The van der Waals surface area contributed by atoms with Gasteiger partial charge in [-0.05, 0) is 30.9 Å². The van der Waals surface area contributed by atoms with Crippen LogP contribution in [0.15, 0.2) is 18.2 Å². The van der Waals surface area contributed by atoms with Crippen LogP contribution in [0.1, 0.15) is 61.0 Å². The van der Waals surface area contributed by atoms with Gasteiger partial charge < -0.3 is 9.47 Å². The lowest BCUT2D eigenvalue weighted by molar-refractivity contribution is 0.0477. The summed E-state index contributed by atoms with van der Waals surface area (Å²) in [6.45, 7) is 6.83. The number of pyridine rings is 1. The van der Waals surface area contributed by atoms with Crippen molar-refractivity contribution in [2.45, 2.75) is 40.0 Å². The summed E-state index contributed by atoms with van der Waals surface area (Å²) in [5.41, 5.74) is 0.258. The van der Waals surface area contributed by atoms with Gasteiger partial charge in [-0.1, -0.05) is 33.3 Å². The monoisotopic (exact) mass is 293 g/mol. The molecule has 1 aromatic heterocycles. The smallest absolute Gasteiger partial charge is 0.356 e. The zero-order valence-corrected chi connectivity index (χ0v) is 12.9. The average molecular weight is 293 g/mol. The first kappa shape index (κ1) is 17.1. The Hall–Kier alpha value is -1.91. The molecule has 0 unspecified atom stereocenters. The summed E-state index contributed by atoms with van der Waals surface area (Å²) >= 11 is 0. The topological polar surface area (TPSA) is 65.5 Å². The maximum Gasteiger partial charge on any atom is 0.356 e. The molecule has 0 aliphatic carbocycles. The summed E-state index contributed by atoms with van der Waals surface area (Å²) < 4.78 is 10.2. The van der Waals surface area contributed by atoms with Crippen LogP contribution in [0.3, 0.4) is 0 Å². The minimum Gasteiger partial charge on any atom is -0.461 e. The second-order valence-corrected chi connectivity index (χ2v) is 5.22. The van der Waals surface area contributed by atoms with E-state index in [0.29, 0.717) is 19.1 Å². The molecule has 1 heterocycles. The van der Waals surface area contributed by atoms with E-state index >= 15 is 0 Å². The van der Waals surface area contributed by atoms with Crippen molar-refractivity contribution in [2.75, 3.05) is 13.2 Å². The molecule has 0 saturated carbocycles. The number of esters is 2. The Kier molecular flexibility index (Phi) is 7.43. The highest BCUT2D eigenvalue weighted by Crippen LogP contribution is 2.06. The lowest BCUT2D eigenvalue weighted by Gasteiger charge is -2.07. The van der Waals surface area contributed by atoms with Crippen molar-refractivity contribution in [3.63, 3.8) is 0 Å². The van der Waals surface area contributed by atoms with Crippen LogP contribution in [-0.2, 0) is 9.47 Å². The normalized spacial score (nSPS) is 10.5. The van der Waals surface area contributed by atoms with Gasteiger partial charge in [-0.2, -0.15) is 0 Å². The van der Waals surface area contributed by atoms with Gasteiger partial charge in [0.05, 0.1) is 13.2 Å². The highest BCUT2D eigenvalue weighted by atomic mass is 16.5. The molecule has 0 saturated heterocycles. The van der Waals surface area contributed by atoms with Crippen molar-refractivity contribution >= 4 is 11.9 Å². The first-order valence-corrected chi connectivity index (χ1v) is 7.36. The third-order valence-electron chi connectivity index (χ3n) is 2.83. The number of rotatable bonds is 8. The van der Waals surface area contributed by atoms with Crippen molar-refractivity contribution < 1.29 is 19.1 Å². The van der Waals surface area contributed by atoms with E-state index in [-0.39, 0.29) is 11.4 Å². The van der Waals surface area contributed by atoms with Crippen LogP contribution in [0.25, 0.3) is 0 Å². The number of ether oxygens (including phenoxy) is 2. The summed E-state index contributed by atoms with van der Waals surface area (Å²) in [5, 5.41) is 0. The quantitative estimate of drug-likeness (QED) is 0.544. The lowest BCUT2D eigenvalue weighted by atomic mass is 10.1. The van der Waals surface area contributed by atoms with E-state index in [0.717, 1.165) is 19.3 Å². The molecule has 0 bridgehead atoms. The average Bonchev–Trinajstić information content (AvgIpc) is 2.47. The largest absolute Gasteiger partial charge is 0.461 e. The molecule has 1 rings (SSSR count). The predicted molar refractivity (Wildman–Crippen MR) is 79.2 cm³/mol. The molecule has 5 nitrogen and oxygen atoms in total. The SMILES string of the molecule is CCCCOC(=O)c1cccc(C(=O)OCCC(C)C)n1. The van der Waals surface area contributed by atoms with Crippen molar-refractivity contribution in [3.8, 4) is 0 Å². The molecular formula is C16H23NO4. The zero-order valence-electron chi connectivity index (χ0n) is 12.9. The molecule has 21 heavy (non-hydrogen) atoms. The fourth-order valence-corrected chi connectivity index (χ4v) is 1.51. The molecule has 0 atom stereocenters. The number of carbonyl (C=O) groups excluding carboxylic acids is 2. The van der Waals surface area contributed by atoms with E-state index in [1.54, 1.807) is 6.07 Å². The first-order chi connectivity index (χ1) is 10.0. The Bertz CT molecular complexity index is 471. The van der Waals surface area contributed by atoms with E-state index in [4.69, 9.17) is 9.47 Å². The number of unbranched alkanes of at least 4 members (excludes halogenated alkanes) is 1. The summed E-state index contributed by atoms with van der Waals surface area (Å²) in [6.07, 6.45) is 2.55. The van der Waals surface area contributed by atoms with E-state index in [1.807, 2.05) is 6.92 Å². The number of aromatic nitrogens is 1. The Morgan fingerprint density at radius 2 is 1.67 bits per heavy atom. The molecule has 116 valence electrons. The van der Waals surface area contributed by atoms with Gasteiger partial charge in [0.25, 0.3) is 0 Å². The second kappa shape index (κ2) is 9.10. The molecule has 0 aliphatic heterocycles. The van der Waals surface area contributed by atoms with Gasteiger partial charge in [-0.25, -0.2) is 14.6 Å². The van der Waals surface area contributed by atoms with E-state index in [9.17, 15) is 9.59 Å². The van der Waals surface area contributed by atoms with Crippen molar-refractivity contribution in [2.24, 2.45) is 5.92 Å². The van der Waals surface area contributed by atoms with Gasteiger partial charge in [0.1, 0.15) is 11.4 Å². The molecule has 0 aliphatic rings. The molecule has 0 N–H and O–H groups in total. The summed E-state index contributed by atoms with van der Waals surface area (Å²) in [7, 11) is 0. The molecule has 1 aromatic rings. The van der Waals surface area contributed by atoms with Crippen LogP contribution < -0.4 is 0 Å². The van der Waals surface area contributed by atoms with E-state index in [1.165, 1.54) is 12.1 Å². The lowest BCUT2D eigenvalue weighted by Crippen LogP contribution is -2.14. The van der Waals surface area contributed by atoms with Crippen LogP contribution in [0.5, 0.6) is 0 Å². The number of nitrogens with zero attached hydrogens (tertiary/aromatic N) is 1. The Labute approximate surface area is 125 Å². The fraction of sp³-hybridized carbons (Fsp3) is 0.562. The Balaban J connectivity index is 2.58.